The lowest BCUT2D eigenvalue weighted by Gasteiger charge is -2.08. The van der Waals surface area contributed by atoms with E-state index < -0.39 is 0 Å². The van der Waals surface area contributed by atoms with Crippen LogP contribution < -0.4 is 5.32 Å². The molecule has 0 bridgehead atoms. The normalized spacial score (nSPS) is 10.6. The molecule has 0 aliphatic carbocycles. The SMILES string of the molecule is Cc1c(Cl)cnc(NC(=O)CSc2nccn2C)c1Cl. The van der Waals surface area contributed by atoms with Crippen molar-refractivity contribution in [2.24, 2.45) is 7.05 Å². The number of pyridine rings is 1. The van der Waals surface area contributed by atoms with Crippen molar-refractivity contribution in [1.29, 1.82) is 0 Å². The first-order valence-corrected chi connectivity index (χ1v) is 7.43. The number of carbonyl (C=O) groups is 1. The molecule has 1 N–H and O–H groups in total. The lowest BCUT2D eigenvalue weighted by molar-refractivity contribution is -0.113. The average molecular weight is 331 g/mol. The van der Waals surface area contributed by atoms with Crippen molar-refractivity contribution < 1.29 is 4.79 Å². The molecular formula is C12H12Cl2N4OS. The highest BCUT2D eigenvalue weighted by atomic mass is 35.5. The van der Waals surface area contributed by atoms with E-state index in [4.69, 9.17) is 23.2 Å². The zero-order valence-electron chi connectivity index (χ0n) is 10.9. The number of nitrogens with zero attached hydrogens (tertiary/aromatic N) is 3. The Kier molecular flexibility index (Phi) is 4.91. The van der Waals surface area contributed by atoms with Crippen LogP contribution >= 0.6 is 35.0 Å². The molecule has 0 saturated carbocycles. The van der Waals surface area contributed by atoms with E-state index in [0.29, 0.717) is 21.4 Å². The molecule has 0 unspecified atom stereocenters. The number of rotatable bonds is 4. The van der Waals surface area contributed by atoms with Crippen LogP contribution in [0.5, 0.6) is 0 Å². The Morgan fingerprint density at radius 2 is 2.20 bits per heavy atom. The summed E-state index contributed by atoms with van der Waals surface area (Å²) in [4.78, 5) is 20.0. The molecule has 8 heteroatoms. The minimum Gasteiger partial charge on any atom is -0.329 e. The molecule has 2 rings (SSSR count). The number of aromatic nitrogens is 3. The number of anilines is 1. The summed E-state index contributed by atoms with van der Waals surface area (Å²) in [7, 11) is 1.87. The smallest absolute Gasteiger partial charge is 0.236 e. The van der Waals surface area contributed by atoms with Crippen molar-refractivity contribution in [3.8, 4) is 0 Å². The fraction of sp³-hybridized carbons (Fsp3) is 0.250. The Hall–Kier alpha value is -1.24. The van der Waals surface area contributed by atoms with Crippen molar-refractivity contribution in [2.45, 2.75) is 12.1 Å². The summed E-state index contributed by atoms with van der Waals surface area (Å²) in [5, 5.41) is 4.25. The van der Waals surface area contributed by atoms with Gasteiger partial charge in [0.1, 0.15) is 0 Å². The van der Waals surface area contributed by atoms with Crippen molar-refractivity contribution in [3.05, 3.63) is 34.2 Å². The largest absolute Gasteiger partial charge is 0.329 e. The lowest BCUT2D eigenvalue weighted by atomic mass is 10.3. The average Bonchev–Trinajstić information content (AvgIpc) is 2.83. The second-order valence-electron chi connectivity index (χ2n) is 4.05. The molecule has 106 valence electrons. The highest BCUT2D eigenvalue weighted by Gasteiger charge is 2.12. The van der Waals surface area contributed by atoms with E-state index in [9.17, 15) is 4.79 Å². The minimum atomic E-state index is -0.200. The summed E-state index contributed by atoms with van der Waals surface area (Å²) in [6, 6.07) is 0. The van der Waals surface area contributed by atoms with E-state index in [1.54, 1.807) is 13.1 Å². The predicted molar refractivity (Wildman–Crippen MR) is 81.6 cm³/mol. The number of aryl methyl sites for hydroxylation is 1. The maximum Gasteiger partial charge on any atom is 0.236 e. The van der Waals surface area contributed by atoms with Crippen LogP contribution in [0.15, 0.2) is 23.7 Å². The molecule has 0 atom stereocenters. The lowest BCUT2D eigenvalue weighted by Crippen LogP contribution is -2.16. The van der Waals surface area contributed by atoms with Gasteiger partial charge < -0.3 is 9.88 Å². The zero-order chi connectivity index (χ0) is 14.7. The molecule has 0 spiro atoms. The Morgan fingerprint density at radius 3 is 2.85 bits per heavy atom. The molecule has 2 aromatic rings. The molecule has 0 saturated heterocycles. The Labute approximate surface area is 130 Å². The Balaban J connectivity index is 1.98. The van der Waals surface area contributed by atoms with Gasteiger partial charge >= 0.3 is 0 Å². The fourth-order valence-electron chi connectivity index (χ4n) is 1.43. The maximum absolute atomic E-state index is 11.9. The van der Waals surface area contributed by atoms with Crippen LogP contribution in [0, 0.1) is 6.92 Å². The van der Waals surface area contributed by atoms with E-state index in [-0.39, 0.29) is 11.7 Å². The van der Waals surface area contributed by atoms with Crippen LogP contribution in [-0.4, -0.2) is 26.2 Å². The summed E-state index contributed by atoms with van der Waals surface area (Å²) in [6.45, 7) is 1.77. The summed E-state index contributed by atoms with van der Waals surface area (Å²) < 4.78 is 1.84. The number of hydrogen-bond donors (Lipinski definition) is 1. The third kappa shape index (κ3) is 3.45. The number of carbonyl (C=O) groups excluding carboxylic acids is 1. The summed E-state index contributed by atoms with van der Waals surface area (Å²) in [6.07, 6.45) is 4.96. The van der Waals surface area contributed by atoms with Crippen LogP contribution in [0.1, 0.15) is 5.56 Å². The number of thioether (sulfide) groups is 1. The molecule has 0 aliphatic heterocycles. The van der Waals surface area contributed by atoms with Gasteiger partial charge in [-0.2, -0.15) is 0 Å². The van der Waals surface area contributed by atoms with E-state index >= 15 is 0 Å². The van der Waals surface area contributed by atoms with Gasteiger partial charge in [0, 0.05) is 25.6 Å². The van der Waals surface area contributed by atoms with E-state index in [1.165, 1.54) is 18.0 Å². The molecule has 20 heavy (non-hydrogen) atoms. The quantitative estimate of drug-likeness (QED) is 0.875. The highest BCUT2D eigenvalue weighted by molar-refractivity contribution is 7.99. The summed E-state index contributed by atoms with van der Waals surface area (Å²) >= 11 is 13.3. The van der Waals surface area contributed by atoms with Crippen LogP contribution in [-0.2, 0) is 11.8 Å². The minimum absolute atomic E-state index is 0.200. The number of halogens is 2. The zero-order valence-corrected chi connectivity index (χ0v) is 13.2. The monoisotopic (exact) mass is 330 g/mol. The molecule has 0 radical (unpaired) electrons. The van der Waals surface area contributed by atoms with Gasteiger partial charge in [-0.15, -0.1) is 0 Å². The summed E-state index contributed by atoms with van der Waals surface area (Å²) in [5.41, 5.74) is 0.690. The van der Waals surface area contributed by atoms with Gasteiger partial charge in [0.2, 0.25) is 5.91 Å². The molecule has 5 nitrogen and oxygen atoms in total. The number of nitrogens with one attached hydrogen (secondary N) is 1. The van der Waals surface area contributed by atoms with Gasteiger partial charge in [0.05, 0.1) is 15.8 Å². The van der Waals surface area contributed by atoms with Crippen LogP contribution in [0.4, 0.5) is 5.82 Å². The van der Waals surface area contributed by atoms with Crippen molar-refractivity contribution in [2.75, 3.05) is 11.1 Å². The second kappa shape index (κ2) is 6.47. The Bertz CT molecular complexity index is 644. The Morgan fingerprint density at radius 1 is 1.45 bits per heavy atom. The first-order valence-electron chi connectivity index (χ1n) is 5.69. The standard InChI is InChI=1S/C12H12Cl2N4OS/c1-7-8(13)5-16-11(10(7)14)17-9(19)6-20-12-15-3-4-18(12)2/h3-5H,6H2,1-2H3,(H,16,17,19). The number of hydrogen-bond acceptors (Lipinski definition) is 4. The molecule has 2 heterocycles. The second-order valence-corrected chi connectivity index (χ2v) is 5.78. The van der Waals surface area contributed by atoms with Gasteiger partial charge in [-0.1, -0.05) is 35.0 Å². The van der Waals surface area contributed by atoms with E-state index in [2.05, 4.69) is 15.3 Å². The molecule has 0 aliphatic rings. The first kappa shape index (κ1) is 15.2. The fourth-order valence-corrected chi connectivity index (χ4v) is 2.56. The van der Waals surface area contributed by atoms with Crippen molar-refractivity contribution in [1.82, 2.24) is 14.5 Å². The van der Waals surface area contributed by atoms with Crippen LogP contribution in [0.2, 0.25) is 10.0 Å². The van der Waals surface area contributed by atoms with E-state index in [0.717, 1.165) is 5.16 Å². The molecule has 2 aromatic heterocycles. The molecule has 0 aromatic carbocycles. The van der Waals surface area contributed by atoms with Gasteiger partial charge in [-0.3, -0.25) is 4.79 Å². The molecular weight excluding hydrogens is 319 g/mol. The van der Waals surface area contributed by atoms with Crippen LogP contribution in [0.25, 0.3) is 0 Å². The third-order valence-corrected chi connectivity index (χ3v) is 4.47. The number of amides is 1. The van der Waals surface area contributed by atoms with Gasteiger partial charge in [0.25, 0.3) is 0 Å². The maximum atomic E-state index is 11.9. The van der Waals surface area contributed by atoms with Gasteiger partial charge in [-0.25, -0.2) is 9.97 Å². The van der Waals surface area contributed by atoms with Gasteiger partial charge in [0.15, 0.2) is 11.0 Å². The van der Waals surface area contributed by atoms with Gasteiger partial charge in [-0.05, 0) is 12.5 Å². The molecule has 0 fully saturated rings. The van der Waals surface area contributed by atoms with Crippen molar-refractivity contribution in [3.63, 3.8) is 0 Å². The first-order chi connectivity index (χ1) is 9.49. The number of imidazole rings is 1. The topological polar surface area (TPSA) is 59.8 Å². The van der Waals surface area contributed by atoms with Crippen LogP contribution in [0.3, 0.4) is 0 Å². The van der Waals surface area contributed by atoms with Crippen molar-refractivity contribution >= 4 is 46.7 Å². The third-order valence-electron chi connectivity index (χ3n) is 2.57. The summed E-state index contributed by atoms with van der Waals surface area (Å²) in [5.74, 6) is 0.345. The van der Waals surface area contributed by atoms with E-state index in [1.807, 2.05) is 17.8 Å². The molecule has 1 amide bonds. The highest BCUT2D eigenvalue weighted by Crippen LogP contribution is 2.28. The predicted octanol–water partition coefficient (Wildman–Crippen LogP) is 3.16.